The molecule has 0 bridgehead atoms. The summed E-state index contributed by atoms with van der Waals surface area (Å²) >= 11 is 7.29. The van der Waals surface area contributed by atoms with Gasteiger partial charge in [-0.1, -0.05) is 41.1 Å². The van der Waals surface area contributed by atoms with Crippen molar-refractivity contribution in [1.29, 1.82) is 0 Å². The molecular weight excluding hydrogens is 364 g/mol. The molecule has 1 aromatic carbocycles. The third-order valence-electron chi connectivity index (χ3n) is 3.75. The lowest BCUT2D eigenvalue weighted by Gasteiger charge is -2.19. The molecule has 0 spiro atoms. The second-order valence-corrected chi connectivity index (χ2v) is 6.69. The molecule has 2 rings (SSSR count). The highest BCUT2D eigenvalue weighted by atomic mass is 35.5. The van der Waals surface area contributed by atoms with E-state index in [1.807, 2.05) is 6.92 Å². The maximum atomic E-state index is 12.3. The summed E-state index contributed by atoms with van der Waals surface area (Å²) in [5, 5.41) is 5.02. The zero-order chi connectivity index (χ0) is 18.4. The van der Waals surface area contributed by atoms with Crippen molar-refractivity contribution in [2.75, 3.05) is 7.11 Å². The number of nitrogens with zero attached hydrogens (tertiary/aromatic N) is 1. The van der Waals surface area contributed by atoms with E-state index in [0.717, 1.165) is 17.0 Å². The van der Waals surface area contributed by atoms with Crippen molar-refractivity contribution in [2.45, 2.75) is 32.4 Å². The third-order valence-corrected chi connectivity index (χ3v) is 4.98. The molecular formula is C17H19ClN2O4S. The number of amides is 1. The standard InChI is InChI=1S/C17H19ClN2O4S/c1-11-10-25-17(23)20(11)8-7-15(21)19-14(9-16(22)24-2)12-5-3-4-6-13(12)18/h3-6,10,14H,7-9H2,1-2H3,(H,19,21)/t14-/m1/s1. The molecule has 8 heteroatoms. The predicted octanol–water partition coefficient (Wildman–Crippen LogP) is 2.68. The van der Waals surface area contributed by atoms with E-state index in [1.165, 1.54) is 7.11 Å². The van der Waals surface area contributed by atoms with E-state index in [1.54, 1.807) is 34.2 Å². The van der Waals surface area contributed by atoms with Gasteiger partial charge in [0.15, 0.2) is 0 Å². The van der Waals surface area contributed by atoms with Crippen LogP contribution in [0.2, 0.25) is 5.02 Å². The van der Waals surface area contributed by atoms with E-state index in [4.69, 9.17) is 16.3 Å². The number of nitrogens with one attached hydrogen (secondary N) is 1. The molecule has 1 aromatic heterocycles. The van der Waals surface area contributed by atoms with Crippen molar-refractivity contribution in [3.63, 3.8) is 0 Å². The summed E-state index contributed by atoms with van der Waals surface area (Å²) in [6.07, 6.45) is 0.100. The van der Waals surface area contributed by atoms with Gasteiger partial charge in [-0.25, -0.2) is 0 Å². The summed E-state index contributed by atoms with van der Waals surface area (Å²) in [4.78, 5) is 35.6. The van der Waals surface area contributed by atoms with Crippen molar-refractivity contribution in [3.8, 4) is 0 Å². The number of hydrogen-bond acceptors (Lipinski definition) is 5. The lowest BCUT2D eigenvalue weighted by molar-refractivity contribution is -0.141. The van der Waals surface area contributed by atoms with Crippen LogP contribution in [0.25, 0.3) is 0 Å². The smallest absolute Gasteiger partial charge is 0.307 e. The van der Waals surface area contributed by atoms with Crippen LogP contribution in [0.4, 0.5) is 0 Å². The van der Waals surface area contributed by atoms with Gasteiger partial charge in [-0.3, -0.25) is 14.4 Å². The van der Waals surface area contributed by atoms with Gasteiger partial charge in [0.2, 0.25) is 5.91 Å². The van der Waals surface area contributed by atoms with E-state index in [-0.39, 0.29) is 30.2 Å². The lowest BCUT2D eigenvalue weighted by Crippen LogP contribution is -2.32. The molecule has 1 amide bonds. The molecule has 6 nitrogen and oxygen atoms in total. The van der Waals surface area contributed by atoms with Crippen LogP contribution in [0.3, 0.4) is 0 Å². The Balaban J connectivity index is 2.08. The van der Waals surface area contributed by atoms with E-state index in [9.17, 15) is 14.4 Å². The Labute approximate surface area is 154 Å². The van der Waals surface area contributed by atoms with Crippen LogP contribution in [0.15, 0.2) is 34.4 Å². The molecule has 1 atom stereocenters. The number of halogens is 1. The van der Waals surface area contributed by atoms with Crippen LogP contribution in [0, 0.1) is 6.92 Å². The van der Waals surface area contributed by atoms with Crippen molar-refractivity contribution in [3.05, 3.63) is 55.6 Å². The summed E-state index contributed by atoms with van der Waals surface area (Å²) in [6, 6.07) is 6.42. The Hall–Kier alpha value is -2.12. The molecule has 0 unspecified atom stereocenters. The van der Waals surface area contributed by atoms with Gasteiger partial charge < -0.3 is 14.6 Å². The first-order chi connectivity index (χ1) is 11.9. The zero-order valence-electron chi connectivity index (χ0n) is 14.0. The van der Waals surface area contributed by atoms with E-state index in [2.05, 4.69) is 5.32 Å². The Morgan fingerprint density at radius 1 is 1.36 bits per heavy atom. The van der Waals surface area contributed by atoms with Crippen molar-refractivity contribution >= 4 is 34.8 Å². The summed E-state index contributed by atoms with van der Waals surface area (Å²) < 4.78 is 6.25. The monoisotopic (exact) mass is 382 g/mol. The number of methoxy groups -OCH3 is 1. The van der Waals surface area contributed by atoms with Crippen LogP contribution >= 0.6 is 22.9 Å². The minimum Gasteiger partial charge on any atom is -0.469 e. The molecule has 1 heterocycles. The third kappa shape index (κ3) is 5.17. The Morgan fingerprint density at radius 2 is 2.08 bits per heavy atom. The van der Waals surface area contributed by atoms with E-state index in [0.29, 0.717) is 10.6 Å². The molecule has 0 saturated heterocycles. The number of ether oxygens (including phenoxy) is 1. The van der Waals surface area contributed by atoms with Crippen LogP contribution in [0.1, 0.15) is 30.1 Å². The number of aromatic nitrogens is 1. The van der Waals surface area contributed by atoms with Gasteiger partial charge in [0, 0.05) is 29.1 Å². The number of hydrogen-bond donors (Lipinski definition) is 1. The first kappa shape index (κ1) is 19.2. The van der Waals surface area contributed by atoms with Crippen LogP contribution in [-0.2, 0) is 20.9 Å². The number of thiazole rings is 1. The van der Waals surface area contributed by atoms with Gasteiger partial charge in [0.25, 0.3) is 0 Å². The highest BCUT2D eigenvalue weighted by Gasteiger charge is 2.21. The summed E-state index contributed by atoms with van der Waals surface area (Å²) in [7, 11) is 1.29. The maximum absolute atomic E-state index is 12.3. The van der Waals surface area contributed by atoms with Gasteiger partial charge in [0.05, 0.1) is 19.6 Å². The summed E-state index contributed by atoms with van der Waals surface area (Å²) in [6.45, 7) is 2.10. The highest BCUT2D eigenvalue weighted by Crippen LogP contribution is 2.25. The van der Waals surface area contributed by atoms with Crippen molar-refractivity contribution in [1.82, 2.24) is 9.88 Å². The molecule has 0 radical (unpaired) electrons. The second kappa shape index (κ2) is 8.82. The maximum Gasteiger partial charge on any atom is 0.307 e. The Kier molecular flexibility index (Phi) is 6.78. The summed E-state index contributed by atoms with van der Waals surface area (Å²) in [5.74, 6) is -0.721. The highest BCUT2D eigenvalue weighted by molar-refractivity contribution is 7.07. The van der Waals surface area contributed by atoms with E-state index >= 15 is 0 Å². The number of rotatable bonds is 7. The molecule has 25 heavy (non-hydrogen) atoms. The van der Waals surface area contributed by atoms with Crippen LogP contribution in [0.5, 0.6) is 0 Å². The lowest BCUT2D eigenvalue weighted by atomic mass is 10.0. The van der Waals surface area contributed by atoms with Gasteiger partial charge in [-0.05, 0) is 18.6 Å². The van der Waals surface area contributed by atoms with Gasteiger partial charge in [0.1, 0.15) is 0 Å². The number of aryl methyl sites for hydroxylation is 1. The molecule has 134 valence electrons. The summed E-state index contributed by atoms with van der Waals surface area (Å²) in [5.41, 5.74) is 1.46. The van der Waals surface area contributed by atoms with Crippen LogP contribution < -0.4 is 10.2 Å². The molecule has 1 N–H and O–H groups in total. The molecule has 2 aromatic rings. The normalized spacial score (nSPS) is 11.8. The topological polar surface area (TPSA) is 77.4 Å². The zero-order valence-corrected chi connectivity index (χ0v) is 15.5. The van der Waals surface area contributed by atoms with Gasteiger partial charge in [-0.2, -0.15) is 0 Å². The fraction of sp³-hybridized carbons (Fsp3) is 0.353. The largest absolute Gasteiger partial charge is 0.469 e. The Morgan fingerprint density at radius 3 is 2.68 bits per heavy atom. The average Bonchev–Trinajstić information content (AvgIpc) is 2.91. The molecule has 0 aliphatic carbocycles. The predicted molar refractivity (Wildman–Crippen MR) is 96.9 cm³/mol. The fourth-order valence-electron chi connectivity index (χ4n) is 2.40. The van der Waals surface area contributed by atoms with E-state index < -0.39 is 12.0 Å². The quantitative estimate of drug-likeness (QED) is 0.747. The number of esters is 1. The van der Waals surface area contributed by atoms with Gasteiger partial charge >= 0.3 is 10.8 Å². The first-order valence-electron chi connectivity index (χ1n) is 7.68. The second-order valence-electron chi connectivity index (χ2n) is 5.47. The van der Waals surface area contributed by atoms with Gasteiger partial charge in [-0.15, -0.1) is 0 Å². The van der Waals surface area contributed by atoms with Crippen LogP contribution in [-0.4, -0.2) is 23.6 Å². The number of carbonyl (C=O) groups excluding carboxylic acids is 2. The molecule has 0 aliphatic rings. The SMILES string of the molecule is COC(=O)C[C@@H](NC(=O)CCn1c(C)csc1=O)c1ccccc1Cl. The molecule has 0 saturated carbocycles. The fourth-order valence-corrected chi connectivity index (χ4v) is 3.43. The molecule has 0 aliphatic heterocycles. The number of benzene rings is 1. The Bertz CT molecular complexity index is 815. The minimum absolute atomic E-state index is 0.0244. The van der Waals surface area contributed by atoms with Crippen molar-refractivity contribution < 1.29 is 14.3 Å². The van der Waals surface area contributed by atoms with Crippen molar-refractivity contribution in [2.24, 2.45) is 0 Å². The number of carbonyl (C=O) groups is 2. The first-order valence-corrected chi connectivity index (χ1v) is 8.93. The average molecular weight is 383 g/mol. The molecule has 0 fully saturated rings. The minimum atomic E-state index is -0.589.